The first-order chi connectivity index (χ1) is 9.72. The topological polar surface area (TPSA) is 29.1 Å². The minimum Gasteiger partial charge on any atom is -0.349 e. The smallest absolute Gasteiger partial charge is 0.225 e. The van der Waals surface area contributed by atoms with Crippen LogP contribution in [0.5, 0.6) is 0 Å². The molecule has 3 rings (SSSR count). The van der Waals surface area contributed by atoms with Crippen LogP contribution in [0, 0.1) is 0 Å². The van der Waals surface area contributed by atoms with Gasteiger partial charge in [0.2, 0.25) is 5.91 Å². The molecule has 20 heavy (non-hydrogen) atoms. The Balaban J connectivity index is 1.64. The van der Waals surface area contributed by atoms with Crippen molar-refractivity contribution in [2.45, 2.75) is 38.6 Å². The highest BCUT2D eigenvalue weighted by Gasteiger charge is 2.15. The molecule has 1 N–H and O–H groups in total. The second-order valence-corrected chi connectivity index (χ2v) is 6.46. The Bertz CT molecular complexity index is 603. The first kappa shape index (κ1) is 13.4. The third-order valence-electron chi connectivity index (χ3n) is 3.91. The summed E-state index contributed by atoms with van der Waals surface area (Å²) in [6.45, 7) is 2.06. The Labute approximate surface area is 123 Å². The van der Waals surface area contributed by atoms with E-state index in [1.54, 1.807) is 11.3 Å². The Morgan fingerprint density at radius 1 is 1.30 bits per heavy atom. The SMILES string of the molecule is CC(NC(=O)Cc1cccs1)c1ccc2c(c1)CCC2. The molecule has 1 heterocycles. The van der Waals surface area contributed by atoms with Crippen molar-refractivity contribution in [3.63, 3.8) is 0 Å². The zero-order valence-electron chi connectivity index (χ0n) is 11.7. The highest BCUT2D eigenvalue weighted by Crippen LogP contribution is 2.25. The van der Waals surface area contributed by atoms with E-state index in [4.69, 9.17) is 0 Å². The first-order valence-corrected chi connectivity index (χ1v) is 8.04. The molecular weight excluding hydrogens is 266 g/mol. The van der Waals surface area contributed by atoms with Crippen molar-refractivity contribution in [3.8, 4) is 0 Å². The van der Waals surface area contributed by atoms with E-state index in [-0.39, 0.29) is 11.9 Å². The predicted molar refractivity (Wildman–Crippen MR) is 83.0 cm³/mol. The number of fused-ring (bicyclic) bond motifs is 1. The number of amides is 1. The van der Waals surface area contributed by atoms with Crippen LogP contribution in [-0.2, 0) is 24.1 Å². The van der Waals surface area contributed by atoms with Crippen molar-refractivity contribution in [1.29, 1.82) is 0 Å². The summed E-state index contributed by atoms with van der Waals surface area (Å²) in [5.41, 5.74) is 4.15. The maximum absolute atomic E-state index is 12.0. The average molecular weight is 285 g/mol. The van der Waals surface area contributed by atoms with Gasteiger partial charge in [-0.3, -0.25) is 4.79 Å². The van der Waals surface area contributed by atoms with Crippen LogP contribution in [0.25, 0.3) is 0 Å². The van der Waals surface area contributed by atoms with Gasteiger partial charge in [0.1, 0.15) is 0 Å². The van der Waals surface area contributed by atoms with Crippen molar-refractivity contribution >= 4 is 17.2 Å². The molecule has 3 heteroatoms. The fourth-order valence-electron chi connectivity index (χ4n) is 2.81. The summed E-state index contributed by atoms with van der Waals surface area (Å²) in [5, 5.41) is 5.10. The maximum Gasteiger partial charge on any atom is 0.225 e. The van der Waals surface area contributed by atoms with Crippen LogP contribution >= 0.6 is 11.3 Å². The van der Waals surface area contributed by atoms with Crippen LogP contribution in [0.15, 0.2) is 35.7 Å². The van der Waals surface area contributed by atoms with Crippen LogP contribution in [0.2, 0.25) is 0 Å². The zero-order valence-corrected chi connectivity index (χ0v) is 12.5. The van der Waals surface area contributed by atoms with E-state index in [0.29, 0.717) is 6.42 Å². The summed E-state index contributed by atoms with van der Waals surface area (Å²) in [7, 11) is 0. The van der Waals surface area contributed by atoms with Crippen molar-refractivity contribution in [3.05, 3.63) is 57.3 Å². The third-order valence-corrected chi connectivity index (χ3v) is 4.79. The molecule has 2 aromatic rings. The Morgan fingerprint density at radius 2 is 2.15 bits per heavy atom. The quantitative estimate of drug-likeness (QED) is 0.912. The number of rotatable bonds is 4. The second-order valence-electron chi connectivity index (χ2n) is 5.43. The summed E-state index contributed by atoms with van der Waals surface area (Å²) >= 11 is 1.63. The zero-order chi connectivity index (χ0) is 13.9. The second kappa shape index (κ2) is 5.80. The molecule has 1 aliphatic carbocycles. The van der Waals surface area contributed by atoms with Crippen molar-refractivity contribution in [1.82, 2.24) is 5.32 Å². The van der Waals surface area contributed by atoms with Crippen molar-refractivity contribution < 1.29 is 4.79 Å². The summed E-state index contributed by atoms with van der Waals surface area (Å²) in [5.74, 6) is 0.0976. The van der Waals surface area contributed by atoms with Gasteiger partial charge in [0.05, 0.1) is 12.5 Å². The predicted octanol–water partition coefficient (Wildman–Crippen LogP) is 3.66. The van der Waals surface area contributed by atoms with Crippen LogP contribution in [-0.4, -0.2) is 5.91 Å². The van der Waals surface area contributed by atoms with Gasteiger partial charge in [-0.1, -0.05) is 24.3 Å². The molecule has 0 spiro atoms. The van der Waals surface area contributed by atoms with Crippen LogP contribution in [0.1, 0.15) is 41.0 Å². The van der Waals surface area contributed by atoms with E-state index < -0.39 is 0 Å². The van der Waals surface area contributed by atoms with Crippen LogP contribution in [0.3, 0.4) is 0 Å². The molecule has 0 fully saturated rings. The molecular formula is C17H19NOS. The van der Waals surface area contributed by atoms with Crippen molar-refractivity contribution in [2.24, 2.45) is 0 Å². The van der Waals surface area contributed by atoms with Crippen LogP contribution < -0.4 is 5.32 Å². The molecule has 1 atom stereocenters. The first-order valence-electron chi connectivity index (χ1n) is 7.16. The number of hydrogen-bond acceptors (Lipinski definition) is 2. The van der Waals surface area contributed by atoms with Gasteiger partial charge in [-0.05, 0) is 54.3 Å². The van der Waals surface area contributed by atoms with Gasteiger partial charge < -0.3 is 5.32 Å². The third kappa shape index (κ3) is 2.93. The number of aryl methyl sites for hydroxylation is 2. The summed E-state index contributed by atoms with van der Waals surface area (Å²) in [6, 6.07) is 10.7. The summed E-state index contributed by atoms with van der Waals surface area (Å²) in [4.78, 5) is 13.1. The molecule has 0 bridgehead atoms. The molecule has 1 aromatic carbocycles. The monoisotopic (exact) mass is 285 g/mol. The molecule has 0 radical (unpaired) electrons. The van der Waals surface area contributed by atoms with Gasteiger partial charge in [-0.25, -0.2) is 0 Å². The fourth-order valence-corrected chi connectivity index (χ4v) is 3.51. The van der Waals surface area contributed by atoms with E-state index in [1.807, 2.05) is 17.5 Å². The lowest BCUT2D eigenvalue weighted by atomic mass is 10.0. The van der Waals surface area contributed by atoms with E-state index in [2.05, 4.69) is 30.4 Å². The van der Waals surface area contributed by atoms with E-state index >= 15 is 0 Å². The van der Waals surface area contributed by atoms with E-state index in [9.17, 15) is 4.79 Å². The molecule has 1 aromatic heterocycles. The van der Waals surface area contributed by atoms with Gasteiger partial charge >= 0.3 is 0 Å². The Morgan fingerprint density at radius 3 is 2.95 bits per heavy atom. The summed E-state index contributed by atoms with van der Waals surface area (Å²) in [6.07, 6.45) is 4.12. The maximum atomic E-state index is 12.0. The molecule has 1 amide bonds. The molecule has 0 saturated heterocycles. The fraction of sp³-hybridized carbons (Fsp3) is 0.353. The molecule has 104 valence electrons. The molecule has 0 aliphatic heterocycles. The number of hydrogen-bond donors (Lipinski definition) is 1. The number of nitrogens with one attached hydrogen (secondary N) is 1. The number of carbonyl (C=O) groups excluding carboxylic acids is 1. The van der Waals surface area contributed by atoms with Gasteiger partial charge in [0, 0.05) is 4.88 Å². The lowest BCUT2D eigenvalue weighted by Gasteiger charge is -2.15. The van der Waals surface area contributed by atoms with Gasteiger partial charge in [0.25, 0.3) is 0 Å². The average Bonchev–Trinajstić information content (AvgIpc) is 3.07. The summed E-state index contributed by atoms with van der Waals surface area (Å²) < 4.78 is 0. The number of benzene rings is 1. The minimum atomic E-state index is 0.0772. The van der Waals surface area contributed by atoms with E-state index in [1.165, 1.54) is 36.0 Å². The van der Waals surface area contributed by atoms with Gasteiger partial charge in [-0.2, -0.15) is 0 Å². The highest BCUT2D eigenvalue weighted by atomic mass is 32.1. The van der Waals surface area contributed by atoms with Crippen molar-refractivity contribution in [2.75, 3.05) is 0 Å². The largest absolute Gasteiger partial charge is 0.349 e. The number of carbonyl (C=O) groups is 1. The highest BCUT2D eigenvalue weighted by molar-refractivity contribution is 7.10. The van der Waals surface area contributed by atoms with E-state index in [0.717, 1.165) is 4.88 Å². The molecule has 1 unspecified atom stereocenters. The number of thiophene rings is 1. The minimum absolute atomic E-state index is 0.0772. The standard InChI is InChI=1S/C17H19NOS/c1-12(18-17(19)11-16-6-3-9-20-16)14-8-7-13-4-2-5-15(13)10-14/h3,6-10,12H,2,4-5,11H2,1H3,(H,18,19). The Kier molecular flexibility index (Phi) is 3.88. The van der Waals surface area contributed by atoms with Gasteiger partial charge in [-0.15, -0.1) is 11.3 Å². The lowest BCUT2D eigenvalue weighted by Crippen LogP contribution is -2.27. The van der Waals surface area contributed by atoms with Gasteiger partial charge in [0.15, 0.2) is 0 Å². The molecule has 2 nitrogen and oxygen atoms in total. The molecule has 0 saturated carbocycles. The Hall–Kier alpha value is -1.61. The lowest BCUT2D eigenvalue weighted by molar-refractivity contribution is -0.121. The molecule has 1 aliphatic rings. The normalized spacial score (nSPS) is 14.8. The van der Waals surface area contributed by atoms with Crippen LogP contribution in [0.4, 0.5) is 0 Å².